The lowest BCUT2D eigenvalue weighted by Crippen LogP contribution is -2.29. The van der Waals surface area contributed by atoms with Crippen molar-refractivity contribution >= 4 is 16.8 Å². The summed E-state index contributed by atoms with van der Waals surface area (Å²) < 4.78 is 5.27. The number of aryl methyl sites for hydroxylation is 1. The fraction of sp³-hybridized carbons (Fsp3) is 0.263. The number of amides is 1. The molecule has 24 heavy (non-hydrogen) atoms. The van der Waals surface area contributed by atoms with Crippen LogP contribution in [0.1, 0.15) is 21.6 Å². The Kier molecular flexibility index (Phi) is 4.51. The normalized spacial score (nSPS) is 10.8. The molecule has 124 valence electrons. The van der Waals surface area contributed by atoms with Crippen LogP contribution in [0.3, 0.4) is 0 Å². The van der Waals surface area contributed by atoms with Crippen molar-refractivity contribution in [1.29, 1.82) is 0 Å². The number of pyridine rings is 1. The highest BCUT2D eigenvalue weighted by Crippen LogP contribution is 2.26. The second kappa shape index (κ2) is 6.74. The number of carbonyl (C=O) groups is 1. The Bertz CT molecular complexity index is 856. The molecular formula is C19H21N3O2. The average molecular weight is 323 g/mol. The number of ether oxygens (including phenoxy) is 1. The van der Waals surface area contributed by atoms with Gasteiger partial charge < -0.3 is 14.6 Å². The van der Waals surface area contributed by atoms with Crippen molar-refractivity contribution in [1.82, 2.24) is 14.9 Å². The lowest BCUT2D eigenvalue weighted by atomic mass is 10.1. The highest BCUT2D eigenvalue weighted by atomic mass is 16.5. The van der Waals surface area contributed by atoms with Crippen LogP contribution in [0, 0.1) is 6.92 Å². The van der Waals surface area contributed by atoms with Gasteiger partial charge in [0.25, 0.3) is 5.91 Å². The maximum Gasteiger partial charge on any atom is 0.270 e. The second-order valence-corrected chi connectivity index (χ2v) is 5.87. The third-order valence-corrected chi connectivity index (χ3v) is 4.31. The molecule has 0 spiro atoms. The van der Waals surface area contributed by atoms with Gasteiger partial charge in [0.15, 0.2) is 0 Å². The van der Waals surface area contributed by atoms with Crippen molar-refractivity contribution in [2.24, 2.45) is 0 Å². The Balaban J connectivity index is 1.79. The predicted octanol–water partition coefficient (Wildman–Crippen LogP) is 3.19. The van der Waals surface area contributed by atoms with Gasteiger partial charge in [-0.1, -0.05) is 0 Å². The molecule has 0 aliphatic rings. The molecule has 0 aliphatic heterocycles. The molecule has 0 atom stereocenters. The van der Waals surface area contributed by atoms with E-state index in [1.807, 2.05) is 44.3 Å². The molecule has 0 saturated heterocycles. The van der Waals surface area contributed by atoms with E-state index in [9.17, 15) is 4.79 Å². The van der Waals surface area contributed by atoms with Crippen molar-refractivity contribution in [3.05, 3.63) is 59.5 Å². The molecule has 1 amide bonds. The maximum absolute atomic E-state index is 12.8. The zero-order valence-corrected chi connectivity index (χ0v) is 14.2. The minimum atomic E-state index is -0.00303. The fourth-order valence-electron chi connectivity index (χ4n) is 2.79. The van der Waals surface area contributed by atoms with Gasteiger partial charge >= 0.3 is 0 Å². The number of hydrogen-bond acceptors (Lipinski definition) is 3. The van der Waals surface area contributed by atoms with Crippen LogP contribution in [0.5, 0.6) is 5.75 Å². The summed E-state index contributed by atoms with van der Waals surface area (Å²) in [5.41, 5.74) is 3.70. The first-order chi connectivity index (χ1) is 11.6. The van der Waals surface area contributed by atoms with E-state index in [1.165, 1.54) is 5.56 Å². The summed E-state index contributed by atoms with van der Waals surface area (Å²) in [5, 5.41) is 1.01. The monoisotopic (exact) mass is 323 g/mol. The number of carbonyl (C=O) groups excluding carboxylic acids is 1. The highest BCUT2D eigenvalue weighted by Gasteiger charge is 2.18. The van der Waals surface area contributed by atoms with Gasteiger partial charge in [-0.2, -0.15) is 0 Å². The van der Waals surface area contributed by atoms with Gasteiger partial charge in [-0.05, 0) is 54.8 Å². The van der Waals surface area contributed by atoms with Gasteiger partial charge in [-0.25, -0.2) is 0 Å². The average Bonchev–Trinajstić information content (AvgIpc) is 2.96. The number of rotatable bonds is 5. The molecule has 0 aliphatic carbocycles. The summed E-state index contributed by atoms with van der Waals surface area (Å²) in [7, 11) is 3.47. The van der Waals surface area contributed by atoms with Gasteiger partial charge in [-0.3, -0.25) is 9.78 Å². The Morgan fingerprint density at radius 1 is 1.25 bits per heavy atom. The molecule has 1 N–H and O–H groups in total. The van der Waals surface area contributed by atoms with E-state index in [1.54, 1.807) is 24.4 Å². The summed E-state index contributed by atoms with van der Waals surface area (Å²) in [6, 6.07) is 9.72. The van der Waals surface area contributed by atoms with Gasteiger partial charge in [0, 0.05) is 36.9 Å². The zero-order valence-electron chi connectivity index (χ0n) is 14.2. The molecule has 5 heteroatoms. The SMILES string of the molecule is COc1ccc2[nH]c(C(=O)N(C)CCc3ccncc3)c(C)c2c1. The summed E-state index contributed by atoms with van der Waals surface area (Å²) in [6.45, 7) is 2.61. The molecule has 2 aromatic heterocycles. The molecule has 5 nitrogen and oxygen atoms in total. The van der Waals surface area contributed by atoms with Crippen molar-refractivity contribution in [3.8, 4) is 5.75 Å². The van der Waals surface area contributed by atoms with Crippen molar-refractivity contribution in [3.63, 3.8) is 0 Å². The number of likely N-dealkylation sites (N-methyl/N-ethyl adjacent to an activating group) is 1. The first-order valence-electron chi connectivity index (χ1n) is 7.91. The van der Waals surface area contributed by atoms with E-state index in [-0.39, 0.29) is 5.91 Å². The highest BCUT2D eigenvalue weighted by molar-refractivity contribution is 6.01. The van der Waals surface area contributed by atoms with Crippen LogP contribution in [0.25, 0.3) is 10.9 Å². The van der Waals surface area contributed by atoms with Crippen LogP contribution in [0.15, 0.2) is 42.7 Å². The van der Waals surface area contributed by atoms with Crippen molar-refractivity contribution < 1.29 is 9.53 Å². The van der Waals surface area contributed by atoms with Crippen LogP contribution < -0.4 is 4.74 Å². The molecule has 3 aromatic rings. The van der Waals surface area contributed by atoms with Gasteiger partial charge in [0.1, 0.15) is 11.4 Å². The van der Waals surface area contributed by atoms with Crippen LogP contribution in [-0.2, 0) is 6.42 Å². The number of nitrogens with one attached hydrogen (secondary N) is 1. The summed E-state index contributed by atoms with van der Waals surface area (Å²) >= 11 is 0. The second-order valence-electron chi connectivity index (χ2n) is 5.87. The number of methoxy groups -OCH3 is 1. The minimum Gasteiger partial charge on any atom is -0.497 e. The van der Waals surface area contributed by atoms with Crippen LogP contribution in [0.4, 0.5) is 0 Å². The Morgan fingerprint density at radius 2 is 2.00 bits per heavy atom. The maximum atomic E-state index is 12.8. The topological polar surface area (TPSA) is 58.2 Å². The number of hydrogen-bond donors (Lipinski definition) is 1. The number of H-pyrrole nitrogens is 1. The van der Waals surface area contributed by atoms with E-state index in [4.69, 9.17) is 4.74 Å². The molecular weight excluding hydrogens is 302 g/mol. The Morgan fingerprint density at radius 3 is 2.71 bits per heavy atom. The van der Waals surface area contributed by atoms with E-state index in [0.29, 0.717) is 12.2 Å². The lowest BCUT2D eigenvalue weighted by Gasteiger charge is -2.17. The summed E-state index contributed by atoms with van der Waals surface area (Å²) in [6.07, 6.45) is 4.34. The van der Waals surface area contributed by atoms with Gasteiger partial charge in [0.2, 0.25) is 0 Å². The first kappa shape index (κ1) is 16.1. The van der Waals surface area contributed by atoms with E-state index in [2.05, 4.69) is 9.97 Å². The zero-order chi connectivity index (χ0) is 17.1. The van der Waals surface area contributed by atoms with E-state index >= 15 is 0 Å². The van der Waals surface area contributed by atoms with E-state index < -0.39 is 0 Å². The number of benzene rings is 1. The molecule has 0 bridgehead atoms. The van der Waals surface area contributed by atoms with Crippen LogP contribution in [0.2, 0.25) is 0 Å². The summed E-state index contributed by atoms with van der Waals surface area (Å²) in [4.78, 5) is 21.8. The lowest BCUT2D eigenvalue weighted by molar-refractivity contribution is 0.0791. The predicted molar refractivity (Wildman–Crippen MR) is 94.5 cm³/mol. The number of aromatic amines is 1. The molecule has 0 radical (unpaired) electrons. The molecule has 0 saturated carbocycles. The third-order valence-electron chi connectivity index (χ3n) is 4.31. The fourth-order valence-corrected chi connectivity index (χ4v) is 2.79. The number of nitrogens with zero attached hydrogens (tertiary/aromatic N) is 2. The molecule has 0 unspecified atom stereocenters. The number of aromatic nitrogens is 2. The van der Waals surface area contributed by atoms with Crippen LogP contribution in [-0.4, -0.2) is 41.5 Å². The van der Waals surface area contributed by atoms with Gasteiger partial charge in [-0.15, -0.1) is 0 Å². The quantitative estimate of drug-likeness (QED) is 0.784. The van der Waals surface area contributed by atoms with E-state index in [0.717, 1.165) is 28.6 Å². The van der Waals surface area contributed by atoms with Gasteiger partial charge in [0.05, 0.1) is 7.11 Å². The Hall–Kier alpha value is -2.82. The smallest absolute Gasteiger partial charge is 0.270 e. The molecule has 3 rings (SSSR count). The minimum absolute atomic E-state index is 0.00303. The van der Waals surface area contributed by atoms with Crippen molar-refractivity contribution in [2.45, 2.75) is 13.3 Å². The third kappa shape index (κ3) is 3.11. The molecule has 1 aromatic carbocycles. The first-order valence-corrected chi connectivity index (χ1v) is 7.91. The molecule has 0 fully saturated rings. The summed E-state index contributed by atoms with van der Waals surface area (Å²) in [5.74, 6) is 0.784. The van der Waals surface area contributed by atoms with Crippen molar-refractivity contribution in [2.75, 3.05) is 20.7 Å². The standard InChI is InChI=1S/C19H21N3O2/c1-13-16-12-15(24-3)4-5-17(16)21-18(13)19(23)22(2)11-8-14-6-9-20-10-7-14/h4-7,9-10,12,21H,8,11H2,1-3H3. The Labute approximate surface area is 141 Å². The number of fused-ring (bicyclic) bond motifs is 1. The van der Waals surface area contributed by atoms with Crippen LogP contribution >= 0.6 is 0 Å². The largest absolute Gasteiger partial charge is 0.497 e. The molecule has 2 heterocycles.